The Morgan fingerprint density at radius 1 is 0.308 bits per heavy atom. The Bertz CT molecular complexity index is 3890. The molecule has 0 atom stereocenters. The third-order valence-electron chi connectivity index (χ3n) is 13.2. The van der Waals surface area contributed by atoms with Crippen molar-refractivity contribution in [2.45, 2.75) is 0 Å². The van der Waals surface area contributed by atoms with Crippen LogP contribution in [0.15, 0.2) is 247 Å². The predicted molar refractivity (Wildman–Crippen MR) is 274 cm³/mol. The molecule has 65 heavy (non-hydrogen) atoms. The summed E-state index contributed by atoms with van der Waals surface area (Å²) in [7, 11) is 0. The Kier molecular flexibility index (Phi) is 8.53. The van der Waals surface area contributed by atoms with Crippen molar-refractivity contribution >= 4 is 82.4 Å². The lowest BCUT2D eigenvalue weighted by atomic mass is 9.95. The summed E-state index contributed by atoms with van der Waals surface area (Å²) in [6, 6.07) is 87.7. The number of anilines is 3. The van der Waals surface area contributed by atoms with Crippen molar-refractivity contribution in [2.75, 3.05) is 4.90 Å². The van der Waals surface area contributed by atoms with Crippen LogP contribution in [0.1, 0.15) is 0 Å². The van der Waals surface area contributed by atoms with E-state index in [2.05, 4.69) is 252 Å². The molecular formula is C62H40N2O. The van der Waals surface area contributed by atoms with Gasteiger partial charge in [0.2, 0.25) is 0 Å². The van der Waals surface area contributed by atoms with Gasteiger partial charge in [-0.15, -0.1) is 0 Å². The molecule has 0 saturated heterocycles. The van der Waals surface area contributed by atoms with Gasteiger partial charge in [0.25, 0.3) is 0 Å². The number of hydrogen-bond acceptors (Lipinski definition) is 2. The van der Waals surface area contributed by atoms with Gasteiger partial charge in [-0.05, 0) is 128 Å². The minimum Gasteiger partial charge on any atom is -0.455 e. The van der Waals surface area contributed by atoms with Gasteiger partial charge in [0, 0.05) is 49.7 Å². The van der Waals surface area contributed by atoms with Crippen molar-refractivity contribution in [3.8, 4) is 39.1 Å². The molecule has 0 aliphatic carbocycles. The summed E-state index contributed by atoms with van der Waals surface area (Å²) in [5.41, 5.74) is 15.6. The summed E-state index contributed by atoms with van der Waals surface area (Å²) in [6.07, 6.45) is 0. The highest BCUT2D eigenvalue weighted by Crippen LogP contribution is 2.42. The number of benzene rings is 11. The zero-order valence-electron chi connectivity index (χ0n) is 35.4. The Balaban J connectivity index is 0.903. The third-order valence-corrected chi connectivity index (χ3v) is 13.2. The molecule has 2 aromatic heterocycles. The highest BCUT2D eigenvalue weighted by molar-refractivity contribution is 6.16. The first-order valence-electron chi connectivity index (χ1n) is 22.2. The van der Waals surface area contributed by atoms with Gasteiger partial charge in [0.05, 0.1) is 11.0 Å². The van der Waals surface area contributed by atoms with E-state index in [0.29, 0.717) is 0 Å². The maximum absolute atomic E-state index is 6.57. The second-order valence-electron chi connectivity index (χ2n) is 16.9. The van der Waals surface area contributed by atoms with Crippen LogP contribution in [0, 0.1) is 0 Å². The number of rotatable bonds is 7. The average molecular weight is 829 g/mol. The number of furan rings is 1. The monoisotopic (exact) mass is 828 g/mol. The Labute approximate surface area is 376 Å². The van der Waals surface area contributed by atoms with E-state index in [9.17, 15) is 0 Å². The van der Waals surface area contributed by atoms with Crippen molar-refractivity contribution in [3.63, 3.8) is 0 Å². The van der Waals surface area contributed by atoms with Crippen molar-refractivity contribution in [3.05, 3.63) is 243 Å². The molecule has 0 spiro atoms. The van der Waals surface area contributed by atoms with Crippen LogP contribution in [0.5, 0.6) is 0 Å². The number of nitrogens with zero attached hydrogens (tertiary/aromatic N) is 2. The quantitative estimate of drug-likeness (QED) is 0.160. The Morgan fingerprint density at radius 2 is 0.846 bits per heavy atom. The van der Waals surface area contributed by atoms with Crippen LogP contribution in [0.4, 0.5) is 17.1 Å². The minimum absolute atomic E-state index is 0.875. The smallest absolute Gasteiger partial charge is 0.143 e. The number of para-hydroxylation sites is 2. The molecule has 0 N–H and O–H groups in total. The van der Waals surface area contributed by atoms with E-state index in [1.807, 2.05) is 0 Å². The van der Waals surface area contributed by atoms with E-state index in [4.69, 9.17) is 4.42 Å². The topological polar surface area (TPSA) is 21.3 Å². The number of fused-ring (bicyclic) bond motifs is 9. The molecule has 304 valence electrons. The predicted octanol–water partition coefficient (Wildman–Crippen LogP) is 17.5. The normalized spacial score (nSPS) is 11.7. The fourth-order valence-electron chi connectivity index (χ4n) is 10.1. The lowest BCUT2D eigenvalue weighted by molar-refractivity contribution is 0.672. The van der Waals surface area contributed by atoms with Crippen LogP contribution in [0.25, 0.3) is 104 Å². The molecule has 0 aliphatic heterocycles. The molecule has 13 rings (SSSR count). The van der Waals surface area contributed by atoms with Gasteiger partial charge in [-0.3, -0.25) is 0 Å². The number of aromatic nitrogens is 1. The third kappa shape index (κ3) is 6.20. The van der Waals surface area contributed by atoms with Gasteiger partial charge in [0.15, 0.2) is 0 Å². The van der Waals surface area contributed by atoms with Crippen LogP contribution in [-0.2, 0) is 0 Å². The van der Waals surface area contributed by atoms with Gasteiger partial charge in [-0.1, -0.05) is 164 Å². The largest absolute Gasteiger partial charge is 0.455 e. The minimum atomic E-state index is 0.875. The molecule has 3 heteroatoms. The second kappa shape index (κ2) is 15.0. The molecule has 0 aliphatic rings. The van der Waals surface area contributed by atoms with Crippen LogP contribution in [0.2, 0.25) is 0 Å². The standard InChI is InChI=1S/C62H40N2O/c1-3-19-52-43(12-1)14-11-23-53(52)47-17-9-15-45(38-47)41-26-31-48(32-27-41)63(51-35-37-61-58(40-51)57-36-30-44-13-2-4-20-54(44)62(57)65-61)49-33-28-42(29-34-49)46-16-10-18-50(39-46)64-59-24-7-5-21-55(59)56-22-6-8-25-60(56)64/h1-40H. The molecule has 0 unspecified atom stereocenters. The summed E-state index contributed by atoms with van der Waals surface area (Å²) in [5.74, 6) is 0. The summed E-state index contributed by atoms with van der Waals surface area (Å²) in [4.78, 5) is 2.36. The van der Waals surface area contributed by atoms with Gasteiger partial charge in [-0.2, -0.15) is 0 Å². The molecule has 2 heterocycles. The highest BCUT2D eigenvalue weighted by atomic mass is 16.3. The molecular weight excluding hydrogens is 789 g/mol. The van der Waals surface area contributed by atoms with Crippen LogP contribution < -0.4 is 4.90 Å². The first-order valence-corrected chi connectivity index (χ1v) is 22.2. The maximum atomic E-state index is 6.57. The lowest BCUT2D eigenvalue weighted by Crippen LogP contribution is -2.09. The van der Waals surface area contributed by atoms with Crippen molar-refractivity contribution < 1.29 is 4.42 Å². The van der Waals surface area contributed by atoms with E-state index in [0.717, 1.165) is 66.8 Å². The lowest BCUT2D eigenvalue weighted by Gasteiger charge is -2.26. The Hall–Kier alpha value is -8.66. The fourth-order valence-corrected chi connectivity index (χ4v) is 10.1. The molecule has 0 bridgehead atoms. The van der Waals surface area contributed by atoms with Crippen LogP contribution >= 0.6 is 0 Å². The molecule has 3 nitrogen and oxygen atoms in total. The van der Waals surface area contributed by atoms with E-state index in [1.165, 1.54) is 54.7 Å². The first kappa shape index (κ1) is 36.9. The van der Waals surface area contributed by atoms with Crippen molar-refractivity contribution in [2.24, 2.45) is 0 Å². The van der Waals surface area contributed by atoms with E-state index in [1.54, 1.807) is 0 Å². The average Bonchev–Trinajstić information content (AvgIpc) is 3.93. The van der Waals surface area contributed by atoms with Gasteiger partial charge >= 0.3 is 0 Å². The van der Waals surface area contributed by atoms with Gasteiger partial charge in [-0.25, -0.2) is 0 Å². The van der Waals surface area contributed by atoms with E-state index >= 15 is 0 Å². The molecule has 0 radical (unpaired) electrons. The molecule has 11 aromatic carbocycles. The first-order chi connectivity index (χ1) is 32.2. The highest BCUT2D eigenvalue weighted by Gasteiger charge is 2.18. The summed E-state index contributed by atoms with van der Waals surface area (Å²) >= 11 is 0. The molecule has 13 aromatic rings. The molecule has 0 fully saturated rings. The van der Waals surface area contributed by atoms with E-state index in [-0.39, 0.29) is 0 Å². The molecule has 0 amide bonds. The zero-order valence-corrected chi connectivity index (χ0v) is 35.4. The number of hydrogen-bond donors (Lipinski definition) is 0. The fraction of sp³-hybridized carbons (Fsp3) is 0. The summed E-state index contributed by atoms with van der Waals surface area (Å²) in [5, 5.41) is 9.52. The van der Waals surface area contributed by atoms with E-state index < -0.39 is 0 Å². The Morgan fingerprint density at radius 3 is 1.55 bits per heavy atom. The second-order valence-corrected chi connectivity index (χ2v) is 16.9. The van der Waals surface area contributed by atoms with Crippen molar-refractivity contribution in [1.29, 1.82) is 0 Å². The SMILES string of the molecule is c1cc(-c2ccc(N(c3ccc(-c4cccc(-n5c6ccccc6c6ccccc65)c4)cc3)c3ccc4oc5c6ccccc6ccc5c4c3)cc2)cc(-c2cccc3ccccc23)c1. The van der Waals surface area contributed by atoms with Gasteiger partial charge < -0.3 is 13.9 Å². The van der Waals surface area contributed by atoms with Crippen molar-refractivity contribution in [1.82, 2.24) is 4.57 Å². The molecule has 0 saturated carbocycles. The van der Waals surface area contributed by atoms with Crippen LogP contribution in [-0.4, -0.2) is 4.57 Å². The van der Waals surface area contributed by atoms with Crippen LogP contribution in [0.3, 0.4) is 0 Å². The zero-order chi connectivity index (χ0) is 42.8. The maximum Gasteiger partial charge on any atom is 0.143 e. The summed E-state index contributed by atoms with van der Waals surface area (Å²) in [6.45, 7) is 0. The summed E-state index contributed by atoms with van der Waals surface area (Å²) < 4.78 is 8.95. The van der Waals surface area contributed by atoms with Gasteiger partial charge in [0.1, 0.15) is 11.2 Å².